The third-order valence-corrected chi connectivity index (χ3v) is 2.61. The fourth-order valence-corrected chi connectivity index (χ4v) is 1.65. The van der Waals surface area contributed by atoms with Gasteiger partial charge in [-0.3, -0.25) is 0 Å². The highest BCUT2D eigenvalue weighted by Gasteiger charge is 2.23. The highest BCUT2D eigenvalue weighted by molar-refractivity contribution is 6.34. The molecule has 3 rings (SSSR count). The molecular formula is C8H7ClN4O. The van der Waals surface area contributed by atoms with E-state index in [9.17, 15) is 0 Å². The zero-order valence-corrected chi connectivity index (χ0v) is 7.98. The van der Waals surface area contributed by atoms with E-state index in [0.717, 1.165) is 5.65 Å². The molecule has 5 nitrogen and oxygen atoms in total. The van der Waals surface area contributed by atoms with E-state index in [2.05, 4.69) is 15.2 Å². The second kappa shape index (κ2) is 2.90. The summed E-state index contributed by atoms with van der Waals surface area (Å²) in [6.45, 7) is 1.42. The molecule has 1 fully saturated rings. The van der Waals surface area contributed by atoms with Gasteiger partial charge in [0.05, 0.1) is 36.8 Å². The van der Waals surface area contributed by atoms with Crippen molar-refractivity contribution >= 4 is 22.8 Å². The Labute approximate surface area is 84.7 Å². The largest absolute Gasteiger partial charge is 0.377 e. The minimum Gasteiger partial charge on any atom is -0.377 e. The predicted molar refractivity (Wildman–Crippen MR) is 50.2 cm³/mol. The highest BCUT2D eigenvalue weighted by Crippen LogP contribution is 2.24. The van der Waals surface area contributed by atoms with Gasteiger partial charge >= 0.3 is 0 Å². The van der Waals surface area contributed by atoms with Crippen LogP contribution >= 0.6 is 11.6 Å². The first-order chi connectivity index (χ1) is 6.86. The van der Waals surface area contributed by atoms with Gasteiger partial charge in [0.25, 0.3) is 0 Å². The maximum Gasteiger partial charge on any atom is 0.184 e. The fourth-order valence-electron chi connectivity index (χ4n) is 1.47. The molecule has 1 saturated heterocycles. The summed E-state index contributed by atoms with van der Waals surface area (Å²) in [5.74, 6) is 0. The van der Waals surface area contributed by atoms with Gasteiger partial charge < -0.3 is 9.30 Å². The summed E-state index contributed by atoms with van der Waals surface area (Å²) in [7, 11) is 0. The van der Waals surface area contributed by atoms with Crippen molar-refractivity contribution in [2.24, 2.45) is 0 Å². The number of rotatable bonds is 1. The molecule has 0 aromatic carbocycles. The molecule has 0 radical (unpaired) electrons. The Balaban J connectivity index is 2.20. The van der Waals surface area contributed by atoms with Crippen molar-refractivity contribution in [3.63, 3.8) is 0 Å². The molecule has 1 aliphatic heterocycles. The molecule has 0 amide bonds. The van der Waals surface area contributed by atoms with E-state index in [1.54, 1.807) is 6.33 Å². The molecule has 6 heteroatoms. The molecule has 14 heavy (non-hydrogen) atoms. The SMILES string of the molecule is Clc1cnnc2c1ncn2C1COC1. The van der Waals surface area contributed by atoms with Crippen LogP contribution in [0.1, 0.15) is 6.04 Å². The van der Waals surface area contributed by atoms with Gasteiger partial charge in [0.1, 0.15) is 5.52 Å². The van der Waals surface area contributed by atoms with Gasteiger partial charge in [-0.1, -0.05) is 11.6 Å². The van der Waals surface area contributed by atoms with E-state index in [-0.39, 0.29) is 0 Å². The first-order valence-corrected chi connectivity index (χ1v) is 4.65. The third-order valence-electron chi connectivity index (χ3n) is 2.33. The van der Waals surface area contributed by atoms with Gasteiger partial charge in [0, 0.05) is 0 Å². The number of ether oxygens (including phenoxy) is 1. The molecule has 2 aromatic heterocycles. The minimum atomic E-state index is 0.327. The lowest BCUT2D eigenvalue weighted by molar-refractivity contribution is -0.0218. The average molecular weight is 211 g/mol. The van der Waals surface area contributed by atoms with Crippen LogP contribution in [0.3, 0.4) is 0 Å². The van der Waals surface area contributed by atoms with E-state index in [4.69, 9.17) is 16.3 Å². The quantitative estimate of drug-likeness (QED) is 0.706. The molecule has 0 spiro atoms. The summed E-state index contributed by atoms with van der Waals surface area (Å²) >= 11 is 5.93. The molecule has 0 aliphatic carbocycles. The smallest absolute Gasteiger partial charge is 0.184 e. The van der Waals surface area contributed by atoms with Crippen LogP contribution in [0.2, 0.25) is 5.02 Å². The lowest BCUT2D eigenvalue weighted by atomic mass is 10.2. The summed E-state index contributed by atoms with van der Waals surface area (Å²) < 4.78 is 7.06. The molecule has 0 bridgehead atoms. The van der Waals surface area contributed by atoms with Crippen molar-refractivity contribution in [2.75, 3.05) is 13.2 Å². The van der Waals surface area contributed by atoms with Crippen LogP contribution in [0.5, 0.6) is 0 Å². The Morgan fingerprint density at radius 3 is 3.07 bits per heavy atom. The topological polar surface area (TPSA) is 52.8 Å². The van der Waals surface area contributed by atoms with E-state index in [1.165, 1.54) is 6.20 Å². The number of aromatic nitrogens is 4. The lowest BCUT2D eigenvalue weighted by Gasteiger charge is -2.26. The summed E-state index contributed by atoms with van der Waals surface area (Å²) in [4.78, 5) is 4.19. The first-order valence-electron chi connectivity index (χ1n) is 4.28. The first kappa shape index (κ1) is 8.14. The van der Waals surface area contributed by atoms with E-state index in [0.29, 0.717) is 29.8 Å². The molecule has 2 aromatic rings. The monoisotopic (exact) mass is 210 g/mol. The van der Waals surface area contributed by atoms with E-state index >= 15 is 0 Å². The predicted octanol–water partition coefficient (Wildman–Crippen LogP) is 1.05. The van der Waals surface area contributed by atoms with Gasteiger partial charge in [-0.05, 0) is 0 Å². The number of hydrogen-bond donors (Lipinski definition) is 0. The number of halogens is 1. The van der Waals surface area contributed by atoms with Crippen LogP contribution in [0.4, 0.5) is 0 Å². The molecule has 3 heterocycles. The van der Waals surface area contributed by atoms with Crippen LogP contribution in [0.15, 0.2) is 12.5 Å². The van der Waals surface area contributed by atoms with Crippen molar-refractivity contribution < 1.29 is 4.74 Å². The van der Waals surface area contributed by atoms with Crippen LogP contribution in [-0.2, 0) is 4.74 Å². The highest BCUT2D eigenvalue weighted by atomic mass is 35.5. The van der Waals surface area contributed by atoms with Gasteiger partial charge in [-0.2, -0.15) is 5.10 Å². The minimum absolute atomic E-state index is 0.327. The van der Waals surface area contributed by atoms with Gasteiger partial charge in [-0.15, -0.1) is 5.10 Å². The zero-order chi connectivity index (χ0) is 9.54. The second-order valence-electron chi connectivity index (χ2n) is 3.21. The standard InChI is InChI=1S/C8H7ClN4O/c9-6-1-11-12-8-7(6)10-4-13(8)5-2-14-3-5/h1,4-5H,2-3H2. The lowest BCUT2D eigenvalue weighted by Crippen LogP contribution is -2.30. The molecule has 1 aliphatic rings. The van der Waals surface area contributed by atoms with Crippen molar-refractivity contribution in [3.05, 3.63) is 17.5 Å². The van der Waals surface area contributed by atoms with Crippen LogP contribution in [-0.4, -0.2) is 33.0 Å². The molecule has 0 unspecified atom stereocenters. The third kappa shape index (κ3) is 1.03. The summed E-state index contributed by atoms with van der Waals surface area (Å²) in [6.07, 6.45) is 3.23. The number of nitrogens with zero attached hydrogens (tertiary/aromatic N) is 4. The number of imidazole rings is 1. The molecular weight excluding hydrogens is 204 g/mol. The van der Waals surface area contributed by atoms with Crippen LogP contribution in [0, 0.1) is 0 Å². The second-order valence-corrected chi connectivity index (χ2v) is 3.62. The molecule has 0 atom stereocenters. The molecule has 0 saturated carbocycles. The number of hydrogen-bond acceptors (Lipinski definition) is 4. The summed E-state index contributed by atoms with van der Waals surface area (Å²) in [5, 5.41) is 8.35. The normalized spacial score (nSPS) is 17.2. The fraction of sp³-hybridized carbons (Fsp3) is 0.375. The Morgan fingerprint density at radius 2 is 2.36 bits per heavy atom. The van der Waals surface area contributed by atoms with Crippen molar-refractivity contribution in [2.45, 2.75) is 6.04 Å². The Kier molecular flexibility index (Phi) is 1.68. The van der Waals surface area contributed by atoms with Crippen molar-refractivity contribution in [3.8, 4) is 0 Å². The van der Waals surface area contributed by atoms with Gasteiger partial charge in [-0.25, -0.2) is 4.98 Å². The van der Waals surface area contributed by atoms with Crippen molar-refractivity contribution in [1.82, 2.24) is 19.7 Å². The summed E-state index contributed by atoms with van der Waals surface area (Å²) in [5.41, 5.74) is 1.43. The number of fused-ring (bicyclic) bond motifs is 1. The van der Waals surface area contributed by atoms with Crippen molar-refractivity contribution in [1.29, 1.82) is 0 Å². The Hall–Kier alpha value is -1.20. The Bertz CT molecular complexity index is 479. The maximum absolute atomic E-state index is 5.93. The maximum atomic E-state index is 5.93. The van der Waals surface area contributed by atoms with Gasteiger partial charge in [0.15, 0.2) is 5.65 Å². The van der Waals surface area contributed by atoms with E-state index in [1.807, 2.05) is 4.57 Å². The van der Waals surface area contributed by atoms with E-state index < -0.39 is 0 Å². The van der Waals surface area contributed by atoms with Gasteiger partial charge in [0.2, 0.25) is 0 Å². The molecule has 72 valence electrons. The average Bonchev–Trinajstić information content (AvgIpc) is 2.48. The van der Waals surface area contributed by atoms with Crippen LogP contribution in [0.25, 0.3) is 11.2 Å². The molecule has 0 N–H and O–H groups in total. The summed E-state index contributed by atoms with van der Waals surface area (Å²) in [6, 6.07) is 0.327. The zero-order valence-electron chi connectivity index (χ0n) is 7.22. The Morgan fingerprint density at radius 1 is 1.50 bits per heavy atom. The van der Waals surface area contributed by atoms with Crippen LogP contribution < -0.4 is 0 Å².